The van der Waals surface area contributed by atoms with Gasteiger partial charge in [-0.05, 0) is 24.7 Å². The fourth-order valence-corrected chi connectivity index (χ4v) is 3.58. The molecule has 0 bridgehead atoms. The largest absolute Gasteiger partial charge is 0.391 e. The first kappa shape index (κ1) is 17.9. The van der Waals surface area contributed by atoms with Gasteiger partial charge < -0.3 is 5.32 Å². The zero-order chi connectivity index (χ0) is 17.4. The maximum atomic E-state index is 12.8. The molecule has 0 aromatic heterocycles. The number of ketones is 2. The van der Waals surface area contributed by atoms with Crippen molar-refractivity contribution in [2.75, 3.05) is 0 Å². The molecule has 1 N–H and O–H groups in total. The van der Waals surface area contributed by atoms with Gasteiger partial charge in [-0.25, -0.2) is 0 Å². The number of Topliss-reactive ketones (excluding diaryl/α,β-unsaturated/α-hetero) is 2. The van der Waals surface area contributed by atoms with Crippen LogP contribution in [-0.2, 0) is 14.4 Å². The van der Waals surface area contributed by atoms with Crippen LogP contribution in [0.3, 0.4) is 0 Å². The van der Waals surface area contributed by atoms with E-state index in [1.807, 2.05) is 0 Å². The lowest BCUT2D eigenvalue weighted by molar-refractivity contribution is -0.184. The number of amides is 1. The summed E-state index contributed by atoms with van der Waals surface area (Å²) in [6.07, 6.45) is -3.32. The SMILES string of the molecule is CC1(C)CC(=O)C(C(=O)NC2CCCC(C(F)(F)F)C2)C(=O)C1. The third-order valence-corrected chi connectivity index (χ3v) is 4.70. The summed E-state index contributed by atoms with van der Waals surface area (Å²) >= 11 is 0. The topological polar surface area (TPSA) is 63.2 Å². The Hall–Kier alpha value is -1.40. The van der Waals surface area contributed by atoms with Crippen molar-refractivity contribution in [3.63, 3.8) is 0 Å². The standard InChI is InChI=1S/C16H22F3NO3/c1-15(2)7-11(21)13(12(22)8-15)14(23)20-10-5-3-4-9(6-10)16(17,18)19/h9-10,13H,3-8H2,1-2H3,(H,20,23). The number of nitrogens with one attached hydrogen (secondary N) is 1. The second kappa shape index (κ2) is 6.24. The molecule has 0 saturated heterocycles. The molecule has 0 aromatic rings. The first-order chi connectivity index (χ1) is 10.5. The first-order valence-corrected chi connectivity index (χ1v) is 7.92. The average Bonchev–Trinajstić information content (AvgIpc) is 2.35. The van der Waals surface area contributed by atoms with Crippen molar-refractivity contribution >= 4 is 17.5 Å². The highest BCUT2D eigenvalue weighted by Crippen LogP contribution is 2.38. The van der Waals surface area contributed by atoms with Crippen LogP contribution < -0.4 is 5.32 Å². The van der Waals surface area contributed by atoms with Gasteiger partial charge in [-0.1, -0.05) is 20.3 Å². The molecule has 0 aliphatic heterocycles. The van der Waals surface area contributed by atoms with E-state index in [9.17, 15) is 27.6 Å². The van der Waals surface area contributed by atoms with Crippen LogP contribution in [0.15, 0.2) is 0 Å². The summed E-state index contributed by atoms with van der Waals surface area (Å²) in [7, 11) is 0. The number of hydrogen-bond donors (Lipinski definition) is 1. The molecule has 4 nitrogen and oxygen atoms in total. The van der Waals surface area contributed by atoms with E-state index in [4.69, 9.17) is 0 Å². The quantitative estimate of drug-likeness (QED) is 0.791. The lowest BCUT2D eigenvalue weighted by Crippen LogP contribution is -2.50. The van der Waals surface area contributed by atoms with E-state index in [0.29, 0.717) is 12.8 Å². The van der Waals surface area contributed by atoms with Gasteiger partial charge in [0.15, 0.2) is 17.5 Å². The minimum atomic E-state index is -4.27. The van der Waals surface area contributed by atoms with Crippen LogP contribution in [0.1, 0.15) is 52.4 Å². The fourth-order valence-electron chi connectivity index (χ4n) is 3.58. The lowest BCUT2D eigenvalue weighted by atomic mass is 9.71. The van der Waals surface area contributed by atoms with Crippen molar-refractivity contribution in [2.45, 2.75) is 64.6 Å². The Morgan fingerprint density at radius 3 is 2.22 bits per heavy atom. The number of hydrogen-bond acceptors (Lipinski definition) is 3. The number of alkyl halides is 3. The normalized spacial score (nSPS) is 29.4. The van der Waals surface area contributed by atoms with Crippen LogP contribution in [0.25, 0.3) is 0 Å². The molecule has 0 heterocycles. The van der Waals surface area contributed by atoms with Gasteiger partial charge in [0.05, 0.1) is 5.92 Å². The minimum Gasteiger partial charge on any atom is -0.352 e. The van der Waals surface area contributed by atoms with E-state index in [1.165, 1.54) is 0 Å². The molecule has 2 fully saturated rings. The Morgan fingerprint density at radius 1 is 1.13 bits per heavy atom. The Kier molecular flexibility index (Phi) is 4.87. The Morgan fingerprint density at radius 2 is 1.70 bits per heavy atom. The zero-order valence-corrected chi connectivity index (χ0v) is 13.3. The third-order valence-electron chi connectivity index (χ3n) is 4.70. The summed E-state index contributed by atoms with van der Waals surface area (Å²) in [5, 5.41) is 2.50. The molecule has 2 unspecified atom stereocenters. The maximum Gasteiger partial charge on any atom is 0.391 e. The number of halogens is 3. The van der Waals surface area contributed by atoms with Gasteiger partial charge in [-0.3, -0.25) is 14.4 Å². The molecule has 2 aliphatic carbocycles. The third kappa shape index (κ3) is 4.32. The molecule has 0 aromatic carbocycles. The molecule has 2 atom stereocenters. The summed E-state index contributed by atoms with van der Waals surface area (Å²) in [5.74, 6) is -4.39. The van der Waals surface area contributed by atoms with Gasteiger partial charge in [0, 0.05) is 18.9 Å². The predicted octanol–water partition coefficient (Wildman–Crippen LogP) is 2.80. The second-order valence-electron chi connectivity index (χ2n) is 7.49. The number of carbonyl (C=O) groups is 3. The predicted molar refractivity (Wildman–Crippen MR) is 76.5 cm³/mol. The molecular formula is C16H22F3NO3. The summed E-state index contributed by atoms with van der Waals surface area (Å²) < 4.78 is 38.4. The summed E-state index contributed by atoms with van der Waals surface area (Å²) in [4.78, 5) is 36.4. The molecule has 2 aliphatic rings. The highest BCUT2D eigenvalue weighted by atomic mass is 19.4. The van der Waals surface area contributed by atoms with Crippen LogP contribution in [0.5, 0.6) is 0 Å². The summed E-state index contributed by atoms with van der Waals surface area (Å²) in [6.45, 7) is 3.57. The monoisotopic (exact) mass is 333 g/mol. The van der Waals surface area contributed by atoms with Crippen molar-refractivity contribution in [1.82, 2.24) is 5.32 Å². The van der Waals surface area contributed by atoms with Gasteiger partial charge in [-0.15, -0.1) is 0 Å². The summed E-state index contributed by atoms with van der Waals surface area (Å²) in [5.41, 5.74) is -0.461. The van der Waals surface area contributed by atoms with E-state index in [0.717, 1.165) is 0 Å². The van der Waals surface area contributed by atoms with Crippen molar-refractivity contribution < 1.29 is 27.6 Å². The first-order valence-electron chi connectivity index (χ1n) is 7.92. The Balaban J connectivity index is 1.99. The van der Waals surface area contributed by atoms with E-state index < -0.39 is 46.9 Å². The van der Waals surface area contributed by atoms with Crippen LogP contribution in [0.4, 0.5) is 13.2 Å². The second-order valence-corrected chi connectivity index (χ2v) is 7.49. The number of rotatable bonds is 2. The lowest BCUT2D eigenvalue weighted by Gasteiger charge is -2.34. The minimum absolute atomic E-state index is 0.0609. The van der Waals surface area contributed by atoms with Crippen molar-refractivity contribution in [3.05, 3.63) is 0 Å². The van der Waals surface area contributed by atoms with Gasteiger partial charge >= 0.3 is 6.18 Å². The van der Waals surface area contributed by atoms with Gasteiger partial charge in [0.2, 0.25) is 5.91 Å². The van der Waals surface area contributed by atoms with Crippen LogP contribution in [0, 0.1) is 17.3 Å². The molecule has 0 radical (unpaired) electrons. The highest BCUT2D eigenvalue weighted by Gasteiger charge is 2.46. The van der Waals surface area contributed by atoms with Crippen LogP contribution >= 0.6 is 0 Å². The molecule has 1 amide bonds. The van der Waals surface area contributed by atoms with Crippen LogP contribution in [-0.4, -0.2) is 29.7 Å². The summed E-state index contributed by atoms with van der Waals surface area (Å²) in [6, 6.07) is -0.626. The average molecular weight is 333 g/mol. The molecular weight excluding hydrogens is 311 g/mol. The van der Waals surface area contributed by atoms with E-state index in [1.54, 1.807) is 13.8 Å². The highest BCUT2D eigenvalue weighted by molar-refractivity contribution is 6.20. The zero-order valence-electron chi connectivity index (χ0n) is 13.3. The Labute approximate surface area is 133 Å². The fraction of sp³-hybridized carbons (Fsp3) is 0.812. The van der Waals surface area contributed by atoms with Crippen LogP contribution in [0.2, 0.25) is 0 Å². The van der Waals surface area contributed by atoms with Crippen molar-refractivity contribution in [2.24, 2.45) is 17.3 Å². The van der Waals surface area contributed by atoms with E-state index in [-0.39, 0.29) is 25.7 Å². The molecule has 23 heavy (non-hydrogen) atoms. The molecule has 7 heteroatoms. The molecule has 2 saturated carbocycles. The van der Waals surface area contributed by atoms with Gasteiger partial charge in [0.25, 0.3) is 0 Å². The molecule has 2 rings (SSSR count). The number of carbonyl (C=O) groups excluding carboxylic acids is 3. The molecule has 0 spiro atoms. The van der Waals surface area contributed by atoms with Gasteiger partial charge in [-0.2, -0.15) is 13.2 Å². The van der Waals surface area contributed by atoms with Crippen molar-refractivity contribution in [3.8, 4) is 0 Å². The van der Waals surface area contributed by atoms with E-state index in [2.05, 4.69) is 5.32 Å². The van der Waals surface area contributed by atoms with Crippen molar-refractivity contribution in [1.29, 1.82) is 0 Å². The molecule has 130 valence electrons. The van der Waals surface area contributed by atoms with E-state index >= 15 is 0 Å². The maximum absolute atomic E-state index is 12.8. The Bertz CT molecular complexity index is 493. The van der Waals surface area contributed by atoms with Gasteiger partial charge in [0.1, 0.15) is 0 Å². The smallest absolute Gasteiger partial charge is 0.352 e.